The minimum Gasteiger partial charge on any atom is -0.334 e. The molecule has 0 spiro atoms. The highest BCUT2D eigenvalue weighted by atomic mass is 32.2. The van der Waals surface area contributed by atoms with Gasteiger partial charge in [-0.15, -0.1) is 0 Å². The smallest absolute Gasteiger partial charge is 0.319 e. The van der Waals surface area contributed by atoms with Gasteiger partial charge in [-0.05, 0) is 53.6 Å². The molecule has 3 aromatic rings. The summed E-state index contributed by atoms with van der Waals surface area (Å²) in [4.78, 5) is 16.0. The number of amides is 2. The van der Waals surface area contributed by atoms with Crippen molar-refractivity contribution >= 4 is 27.4 Å². The first-order chi connectivity index (χ1) is 14.0. The molecule has 5 N–H and O–H groups in total. The monoisotopic (exact) mass is 411 g/mol. The average Bonchev–Trinajstić information content (AvgIpc) is 2.74. The van der Waals surface area contributed by atoms with E-state index in [1.165, 1.54) is 24.3 Å². The maximum atomic E-state index is 12.5. The van der Waals surface area contributed by atoms with E-state index in [9.17, 15) is 13.2 Å². The van der Waals surface area contributed by atoms with Crippen molar-refractivity contribution in [2.75, 3.05) is 10.0 Å². The zero-order chi connectivity index (χ0) is 20.7. The van der Waals surface area contributed by atoms with Gasteiger partial charge in [-0.2, -0.15) is 0 Å². The van der Waals surface area contributed by atoms with Gasteiger partial charge in [-0.25, -0.2) is 13.2 Å². The molecular formula is C20H21N5O3S. The fourth-order valence-electron chi connectivity index (χ4n) is 2.50. The summed E-state index contributed by atoms with van der Waals surface area (Å²) in [6.45, 7) is 0.719. The van der Waals surface area contributed by atoms with Crippen LogP contribution in [0.4, 0.5) is 16.2 Å². The number of carbonyl (C=O) groups excluding carboxylic acids is 1. The topological polar surface area (TPSA) is 126 Å². The van der Waals surface area contributed by atoms with Crippen LogP contribution in [0.15, 0.2) is 78.0 Å². The molecule has 9 heteroatoms. The summed E-state index contributed by atoms with van der Waals surface area (Å²) in [5, 5.41) is 5.36. The Bertz CT molecular complexity index is 1050. The van der Waals surface area contributed by atoms with Crippen molar-refractivity contribution in [1.29, 1.82) is 0 Å². The van der Waals surface area contributed by atoms with Crippen molar-refractivity contribution in [2.24, 2.45) is 5.73 Å². The Morgan fingerprint density at radius 3 is 2.24 bits per heavy atom. The Balaban J connectivity index is 1.58. The van der Waals surface area contributed by atoms with Crippen LogP contribution in [-0.4, -0.2) is 19.4 Å². The van der Waals surface area contributed by atoms with E-state index in [0.717, 1.165) is 11.1 Å². The van der Waals surface area contributed by atoms with E-state index in [4.69, 9.17) is 5.73 Å². The van der Waals surface area contributed by atoms with Crippen molar-refractivity contribution in [2.45, 2.75) is 18.0 Å². The second-order valence-electron chi connectivity index (χ2n) is 6.20. The molecule has 0 aliphatic carbocycles. The van der Waals surface area contributed by atoms with Crippen molar-refractivity contribution in [3.63, 3.8) is 0 Å². The van der Waals surface area contributed by atoms with Crippen LogP contribution >= 0.6 is 0 Å². The SMILES string of the molecule is NCc1ccc(NS(=O)(=O)c2ccc(NC(=O)NCc3cccnc3)cc2)cc1. The molecule has 29 heavy (non-hydrogen) atoms. The lowest BCUT2D eigenvalue weighted by Crippen LogP contribution is -2.28. The predicted octanol–water partition coefficient (Wildman–Crippen LogP) is 2.66. The van der Waals surface area contributed by atoms with Crippen LogP contribution in [0.1, 0.15) is 11.1 Å². The van der Waals surface area contributed by atoms with Crippen molar-refractivity contribution in [1.82, 2.24) is 10.3 Å². The second kappa shape index (κ2) is 9.18. The van der Waals surface area contributed by atoms with Crippen LogP contribution in [0.2, 0.25) is 0 Å². The summed E-state index contributed by atoms with van der Waals surface area (Å²) in [5.41, 5.74) is 8.23. The van der Waals surface area contributed by atoms with Gasteiger partial charge in [-0.3, -0.25) is 9.71 Å². The lowest BCUT2D eigenvalue weighted by Gasteiger charge is -2.10. The summed E-state index contributed by atoms with van der Waals surface area (Å²) in [6, 6.07) is 16.0. The first kappa shape index (κ1) is 20.3. The van der Waals surface area contributed by atoms with Crippen LogP contribution in [-0.2, 0) is 23.1 Å². The Morgan fingerprint density at radius 2 is 1.62 bits per heavy atom. The first-order valence-corrected chi connectivity index (χ1v) is 10.3. The zero-order valence-electron chi connectivity index (χ0n) is 15.5. The van der Waals surface area contributed by atoms with E-state index < -0.39 is 16.1 Å². The number of pyridine rings is 1. The van der Waals surface area contributed by atoms with E-state index in [-0.39, 0.29) is 4.90 Å². The maximum absolute atomic E-state index is 12.5. The molecule has 3 rings (SSSR count). The molecule has 0 aliphatic heterocycles. The number of carbonyl (C=O) groups is 1. The number of nitrogens with zero attached hydrogens (tertiary/aromatic N) is 1. The van der Waals surface area contributed by atoms with Crippen LogP contribution < -0.4 is 21.1 Å². The first-order valence-electron chi connectivity index (χ1n) is 8.82. The number of nitrogens with one attached hydrogen (secondary N) is 3. The van der Waals surface area contributed by atoms with Crippen LogP contribution in [0.3, 0.4) is 0 Å². The highest BCUT2D eigenvalue weighted by Crippen LogP contribution is 2.18. The lowest BCUT2D eigenvalue weighted by molar-refractivity contribution is 0.251. The number of hydrogen-bond donors (Lipinski definition) is 4. The fourth-order valence-corrected chi connectivity index (χ4v) is 3.56. The van der Waals surface area contributed by atoms with Gasteiger partial charge in [0, 0.05) is 36.9 Å². The normalized spacial score (nSPS) is 10.9. The molecule has 0 unspecified atom stereocenters. The number of hydrogen-bond acceptors (Lipinski definition) is 5. The summed E-state index contributed by atoms with van der Waals surface area (Å²) >= 11 is 0. The van der Waals surface area contributed by atoms with Crippen molar-refractivity contribution < 1.29 is 13.2 Å². The molecule has 0 fully saturated rings. The summed E-state index contributed by atoms with van der Waals surface area (Å²) < 4.78 is 27.5. The number of urea groups is 1. The lowest BCUT2D eigenvalue weighted by atomic mass is 10.2. The van der Waals surface area contributed by atoms with E-state index in [1.807, 2.05) is 6.07 Å². The van der Waals surface area contributed by atoms with Gasteiger partial charge in [0.1, 0.15) is 0 Å². The van der Waals surface area contributed by atoms with Gasteiger partial charge in [0.15, 0.2) is 0 Å². The van der Waals surface area contributed by atoms with E-state index in [1.54, 1.807) is 42.7 Å². The summed E-state index contributed by atoms with van der Waals surface area (Å²) in [7, 11) is -3.74. The molecule has 1 heterocycles. The van der Waals surface area contributed by atoms with Gasteiger partial charge in [0.2, 0.25) is 0 Å². The minimum atomic E-state index is -3.74. The molecule has 0 saturated carbocycles. The molecule has 150 valence electrons. The van der Waals surface area contributed by atoms with Gasteiger partial charge >= 0.3 is 6.03 Å². The van der Waals surface area contributed by atoms with Crippen molar-refractivity contribution in [3.05, 3.63) is 84.2 Å². The van der Waals surface area contributed by atoms with Crippen molar-refractivity contribution in [3.8, 4) is 0 Å². The van der Waals surface area contributed by atoms with E-state index in [0.29, 0.717) is 24.5 Å². The Morgan fingerprint density at radius 1 is 0.931 bits per heavy atom. The Hall–Kier alpha value is -3.43. The average molecular weight is 411 g/mol. The third-order valence-corrected chi connectivity index (χ3v) is 5.44. The van der Waals surface area contributed by atoms with E-state index >= 15 is 0 Å². The van der Waals surface area contributed by atoms with Gasteiger partial charge < -0.3 is 16.4 Å². The molecule has 2 aromatic carbocycles. The third-order valence-electron chi connectivity index (χ3n) is 4.04. The number of sulfonamides is 1. The van der Waals surface area contributed by atoms with Gasteiger partial charge in [-0.1, -0.05) is 18.2 Å². The molecular weight excluding hydrogens is 390 g/mol. The van der Waals surface area contributed by atoms with Gasteiger partial charge in [0.05, 0.1) is 4.90 Å². The van der Waals surface area contributed by atoms with Gasteiger partial charge in [0.25, 0.3) is 10.0 Å². The molecule has 2 amide bonds. The molecule has 0 atom stereocenters. The van der Waals surface area contributed by atoms with Crippen LogP contribution in [0.5, 0.6) is 0 Å². The maximum Gasteiger partial charge on any atom is 0.319 e. The number of anilines is 2. The number of aromatic nitrogens is 1. The Labute approximate surface area is 169 Å². The number of benzene rings is 2. The fraction of sp³-hybridized carbons (Fsp3) is 0.100. The number of rotatable bonds is 7. The highest BCUT2D eigenvalue weighted by molar-refractivity contribution is 7.92. The Kier molecular flexibility index (Phi) is 6.43. The standard InChI is InChI=1S/C20H21N5O3S/c21-12-15-3-5-18(6-4-15)25-29(27,28)19-9-7-17(8-10-19)24-20(26)23-14-16-2-1-11-22-13-16/h1-11,13,25H,12,14,21H2,(H2,23,24,26). The third kappa shape index (κ3) is 5.77. The molecule has 0 bridgehead atoms. The minimum absolute atomic E-state index is 0.0849. The molecule has 8 nitrogen and oxygen atoms in total. The molecule has 0 radical (unpaired) electrons. The largest absolute Gasteiger partial charge is 0.334 e. The molecule has 1 aromatic heterocycles. The van der Waals surface area contributed by atoms with Crippen LogP contribution in [0.25, 0.3) is 0 Å². The number of nitrogens with two attached hydrogens (primary N) is 1. The molecule has 0 saturated heterocycles. The second-order valence-corrected chi connectivity index (χ2v) is 7.88. The predicted molar refractivity (Wildman–Crippen MR) is 112 cm³/mol. The summed E-state index contributed by atoms with van der Waals surface area (Å²) in [6.07, 6.45) is 3.32. The molecule has 0 aliphatic rings. The quantitative estimate of drug-likeness (QED) is 0.475. The zero-order valence-corrected chi connectivity index (χ0v) is 16.3. The van der Waals surface area contributed by atoms with Crippen LogP contribution in [0, 0.1) is 0 Å². The van der Waals surface area contributed by atoms with E-state index in [2.05, 4.69) is 20.3 Å². The highest BCUT2D eigenvalue weighted by Gasteiger charge is 2.14. The summed E-state index contributed by atoms with van der Waals surface area (Å²) in [5.74, 6) is 0.